The van der Waals surface area contributed by atoms with E-state index < -0.39 is 34.5 Å². The lowest BCUT2D eigenvalue weighted by Crippen LogP contribution is -2.67. The number of carboxylic acid groups (broad SMARTS) is 1. The number of ketones is 1. The third kappa shape index (κ3) is 5.92. The van der Waals surface area contributed by atoms with E-state index in [1.54, 1.807) is 13.8 Å². The molecule has 0 aromatic heterocycles. The zero-order valence-corrected chi connectivity index (χ0v) is 32.8. The number of allylic oxidation sites excluding steroid dienone is 1. The molecule has 0 radical (unpaired) electrons. The number of carbonyl (C=O) groups is 4. The number of nitrogens with one attached hydrogen (secondary N) is 1. The third-order valence-corrected chi connectivity index (χ3v) is 15.5. The highest BCUT2D eigenvalue weighted by molar-refractivity contribution is 6.02. The summed E-state index contributed by atoms with van der Waals surface area (Å²) in [7, 11) is 0. The van der Waals surface area contributed by atoms with Crippen LogP contribution in [-0.2, 0) is 23.9 Å². The maximum Gasteiger partial charge on any atom is 0.407 e. The molecule has 6 aliphatic rings. The largest absolute Gasteiger partial charge is 0.481 e. The Labute approximate surface area is 305 Å². The molecular weight excluding hydrogens is 656 g/mol. The lowest BCUT2D eigenvalue weighted by atomic mass is 9.33. The van der Waals surface area contributed by atoms with Crippen molar-refractivity contribution in [3.05, 3.63) is 11.1 Å². The number of nitrogens with two attached hydrogens (primary N) is 1. The molecule has 0 aromatic rings. The molecule has 6 rings (SSSR count). The maximum atomic E-state index is 13.8. The Hall–Kier alpha value is -2.13. The van der Waals surface area contributed by atoms with Crippen LogP contribution in [0.2, 0.25) is 0 Å². The predicted molar refractivity (Wildman–Crippen MR) is 194 cm³/mol. The van der Waals surface area contributed by atoms with Crippen molar-refractivity contribution in [3.8, 4) is 0 Å². The Balaban J connectivity index is 0.00000486. The smallest absolute Gasteiger partial charge is 0.407 e. The molecule has 0 spiro atoms. The summed E-state index contributed by atoms with van der Waals surface area (Å²) in [4.78, 5) is 51.9. The van der Waals surface area contributed by atoms with Gasteiger partial charge in [-0.2, -0.15) is 0 Å². The molecule has 0 saturated heterocycles. The average molecular weight is 719 g/mol. The first kappa shape index (κ1) is 39.1. The van der Waals surface area contributed by atoms with Crippen LogP contribution in [0.1, 0.15) is 139 Å². The van der Waals surface area contributed by atoms with Gasteiger partial charge < -0.3 is 25.6 Å². The van der Waals surface area contributed by atoms with Crippen LogP contribution in [0.4, 0.5) is 4.79 Å². The second-order valence-corrected chi connectivity index (χ2v) is 19.5. The summed E-state index contributed by atoms with van der Waals surface area (Å²) in [5.41, 5.74) is 5.82. The fraction of sp³-hybridized carbons (Fsp3) is 0.850. The number of esters is 1. The average Bonchev–Trinajstić information content (AvgIpc) is 3.64. The molecule has 50 heavy (non-hydrogen) atoms. The Bertz CT molecular complexity index is 1470. The molecule has 8 atom stereocenters. The second kappa shape index (κ2) is 12.5. The molecule has 5 fully saturated rings. The van der Waals surface area contributed by atoms with E-state index in [0.29, 0.717) is 18.3 Å². The quantitative estimate of drug-likeness (QED) is 0.216. The normalized spacial score (nSPS) is 39.6. The lowest BCUT2D eigenvalue weighted by Gasteiger charge is -2.72. The number of fused-ring (bicyclic) bond motifs is 7. The molecule has 1 amide bonds. The van der Waals surface area contributed by atoms with Gasteiger partial charge in [-0.25, -0.2) is 4.79 Å². The zero-order valence-electron chi connectivity index (χ0n) is 32.0. The number of aliphatic carboxylic acids is 1. The van der Waals surface area contributed by atoms with Gasteiger partial charge in [0.2, 0.25) is 0 Å². The Morgan fingerprint density at radius 2 is 1.58 bits per heavy atom. The molecule has 0 heterocycles. The monoisotopic (exact) mass is 718 g/mol. The number of hydrogen-bond acceptors (Lipinski definition) is 7. The minimum atomic E-state index is -1.17. The molecule has 4 N–H and O–H groups in total. The topological polar surface area (TPSA) is 145 Å². The van der Waals surface area contributed by atoms with Crippen molar-refractivity contribution < 1.29 is 33.8 Å². The molecule has 0 bridgehead atoms. The molecule has 0 aromatic carbocycles. The first-order valence-corrected chi connectivity index (χ1v) is 19.0. The Morgan fingerprint density at radius 1 is 0.920 bits per heavy atom. The van der Waals surface area contributed by atoms with Gasteiger partial charge in [0.1, 0.15) is 12.7 Å². The molecule has 6 aliphatic carbocycles. The Kier molecular flexibility index (Phi) is 9.76. The summed E-state index contributed by atoms with van der Waals surface area (Å²) in [5.74, 6) is -0.180. The third-order valence-electron chi connectivity index (χ3n) is 15.5. The van der Waals surface area contributed by atoms with E-state index in [1.165, 1.54) is 5.57 Å². The van der Waals surface area contributed by atoms with Crippen LogP contribution in [-0.4, -0.2) is 52.7 Å². The molecular formula is C40H63ClN2O7. The van der Waals surface area contributed by atoms with Crippen LogP contribution >= 0.6 is 12.4 Å². The fourth-order valence-electron chi connectivity index (χ4n) is 12.3. The molecule has 3 unspecified atom stereocenters. The molecule has 0 aliphatic heterocycles. The second-order valence-electron chi connectivity index (χ2n) is 19.5. The van der Waals surface area contributed by atoms with Crippen molar-refractivity contribution in [2.75, 3.05) is 6.61 Å². The number of rotatable bonds is 8. The zero-order chi connectivity index (χ0) is 36.2. The van der Waals surface area contributed by atoms with Crippen LogP contribution < -0.4 is 11.1 Å². The van der Waals surface area contributed by atoms with Gasteiger partial charge in [-0.1, -0.05) is 48.5 Å². The number of Topliss-reactive ketones (excluding diaryl/α,β-unsaturated/α-hetero) is 1. The van der Waals surface area contributed by atoms with E-state index in [2.05, 4.69) is 53.8 Å². The number of carboxylic acids is 1. The van der Waals surface area contributed by atoms with Gasteiger partial charge in [0.15, 0.2) is 5.78 Å². The highest BCUT2D eigenvalue weighted by Crippen LogP contribution is 2.76. The molecule has 10 heteroatoms. The number of ether oxygens (including phenoxy) is 2. The van der Waals surface area contributed by atoms with E-state index in [1.807, 2.05) is 0 Å². The predicted octanol–water partition coefficient (Wildman–Crippen LogP) is 7.77. The van der Waals surface area contributed by atoms with Gasteiger partial charge in [0.25, 0.3) is 0 Å². The van der Waals surface area contributed by atoms with E-state index >= 15 is 0 Å². The van der Waals surface area contributed by atoms with Crippen LogP contribution in [0, 0.1) is 50.7 Å². The van der Waals surface area contributed by atoms with Crippen molar-refractivity contribution in [2.24, 2.45) is 56.5 Å². The molecule has 9 nitrogen and oxygen atoms in total. The summed E-state index contributed by atoms with van der Waals surface area (Å²) in [6.07, 6.45) is 8.66. The minimum absolute atomic E-state index is 0. The van der Waals surface area contributed by atoms with Crippen LogP contribution in [0.15, 0.2) is 11.1 Å². The van der Waals surface area contributed by atoms with Crippen molar-refractivity contribution in [2.45, 2.75) is 157 Å². The van der Waals surface area contributed by atoms with Gasteiger partial charge in [0, 0.05) is 11.8 Å². The number of alkyl carbamates (subject to hydrolysis) is 1. The van der Waals surface area contributed by atoms with Crippen molar-refractivity contribution in [1.29, 1.82) is 0 Å². The highest BCUT2D eigenvalue weighted by Gasteiger charge is 2.70. The summed E-state index contributed by atoms with van der Waals surface area (Å²) in [6.45, 7) is 19.6. The fourth-order valence-corrected chi connectivity index (χ4v) is 12.3. The minimum Gasteiger partial charge on any atom is -0.481 e. The van der Waals surface area contributed by atoms with Crippen molar-refractivity contribution in [3.63, 3.8) is 0 Å². The van der Waals surface area contributed by atoms with E-state index in [-0.39, 0.29) is 70.8 Å². The summed E-state index contributed by atoms with van der Waals surface area (Å²) < 4.78 is 11.8. The van der Waals surface area contributed by atoms with Gasteiger partial charge in [-0.15, -0.1) is 12.4 Å². The van der Waals surface area contributed by atoms with E-state index in [9.17, 15) is 24.3 Å². The van der Waals surface area contributed by atoms with E-state index in [4.69, 9.17) is 15.2 Å². The summed E-state index contributed by atoms with van der Waals surface area (Å²) in [5, 5.41) is 12.9. The summed E-state index contributed by atoms with van der Waals surface area (Å²) >= 11 is 0. The van der Waals surface area contributed by atoms with Gasteiger partial charge in [-0.3, -0.25) is 14.4 Å². The first-order valence-electron chi connectivity index (χ1n) is 19.0. The lowest BCUT2D eigenvalue weighted by molar-refractivity contribution is -0.232. The number of hydrogen-bond donors (Lipinski definition) is 3. The van der Waals surface area contributed by atoms with Gasteiger partial charge in [-0.05, 0) is 129 Å². The van der Waals surface area contributed by atoms with Crippen LogP contribution in [0.5, 0.6) is 0 Å². The molecule has 5 saturated carbocycles. The maximum absolute atomic E-state index is 13.8. The van der Waals surface area contributed by atoms with Crippen molar-refractivity contribution in [1.82, 2.24) is 5.32 Å². The number of carbonyl (C=O) groups excluding carboxylic acids is 3. The van der Waals surface area contributed by atoms with Crippen LogP contribution in [0.25, 0.3) is 0 Å². The first-order chi connectivity index (χ1) is 22.6. The van der Waals surface area contributed by atoms with Crippen LogP contribution in [0.3, 0.4) is 0 Å². The van der Waals surface area contributed by atoms with E-state index in [0.717, 1.165) is 69.8 Å². The molecule has 282 valence electrons. The highest BCUT2D eigenvalue weighted by atomic mass is 35.5. The number of halogens is 1. The SMILES string of the molecule is CC(C)C1=C2C3CCC4[C@@]5(C)CC[C@H](OC(=O)CC(C)(C)C(=O)O)C(C)(C)C5CC[C@@]4(C)[C@]3(C)CC[C@@]2(NC(=O)OCC2(N)CC2)CC1=O.Cl. The Morgan fingerprint density at radius 3 is 2.18 bits per heavy atom. The van der Waals surface area contributed by atoms with Gasteiger partial charge >= 0.3 is 18.0 Å². The number of amides is 1. The standard InChI is InChI=1S/C40H62N2O7.ClH/c1-23(2)30-25(43)20-40(42-33(47)48-22-39(41)17-18-39)19-16-37(8)24(31(30)40)10-11-27-36(7)14-13-28(49-29(44)21-34(3,4)32(45)46)35(5,6)26(36)12-15-38(27,37)9;/h23-24,26-28H,10-22,41H2,1-9H3,(H,42,47)(H,45,46);1H/t24?,26?,27?,28-,36-,37+,38+,40+;/m0./s1. The van der Waals surface area contributed by atoms with Gasteiger partial charge in [0.05, 0.1) is 22.9 Å². The summed E-state index contributed by atoms with van der Waals surface area (Å²) in [6, 6.07) is 0. The van der Waals surface area contributed by atoms with Crippen molar-refractivity contribution >= 4 is 36.2 Å².